The molecule has 2 amide bonds. The second-order valence-electron chi connectivity index (χ2n) is 8.03. The molecule has 0 saturated carbocycles. The molecule has 2 atom stereocenters. The third-order valence-electron chi connectivity index (χ3n) is 6.30. The number of carbonyl (C=O) groups is 1. The molecule has 0 radical (unpaired) electrons. The minimum atomic E-state index is -0.237. The standard InChI is InChI=1S/C21H31FN4O2/c22-18-5-3-17(4-6-18)20(25-11-13-28-14-12-25)15-23-21(27)26-10-7-19(16-26)24-8-1-2-9-24/h3-6,19-20H,1-2,7-16H2,(H,23,27). The van der Waals surface area contributed by atoms with Crippen molar-refractivity contribution in [1.29, 1.82) is 0 Å². The van der Waals surface area contributed by atoms with Gasteiger partial charge in [-0.25, -0.2) is 9.18 Å². The van der Waals surface area contributed by atoms with Crippen LogP contribution in [0.25, 0.3) is 0 Å². The predicted molar refractivity (Wildman–Crippen MR) is 106 cm³/mol. The summed E-state index contributed by atoms with van der Waals surface area (Å²) in [4.78, 5) is 19.6. The average molecular weight is 391 g/mol. The Kier molecular flexibility index (Phi) is 6.44. The van der Waals surface area contributed by atoms with Gasteiger partial charge in [0.25, 0.3) is 0 Å². The Bertz CT molecular complexity index is 644. The monoisotopic (exact) mass is 390 g/mol. The zero-order valence-corrected chi connectivity index (χ0v) is 16.5. The lowest BCUT2D eigenvalue weighted by Gasteiger charge is -2.35. The Labute approximate surface area is 166 Å². The molecule has 1 aromatic rings. The van der Waals surface area contributed by atoms with E-state index in [1.54, 1.807) is 0 Å². The maximum atomic E-state index is 13.4. The third-order valence-corrected chi connectivity index (χ3v) is 6.30. The number of amides is 2. The van der Waals surface area contributed by atoms with E-state index in [1.165, 1.54) is 38.1 Å². The Hall–Kier alpha value is -1.70. The fourth-order valence-corrected chi connectivity index (χ4v) is 4.66. The summed E-state index contributed by atoms with van der Waals surface area (Å²) in [5.74, 6) is -0.237. The molecule has 3 fully saturated rings. The van der Waals surface area contributed by atoms with Crippen molar-refractivity contribution in [3.63, 3.8) is 0 Å². The third kappa shape index (κ3) is 4.64. The van der Waals surface area contributed by atoms with Gasteiger partial charge in [0.1, 0.15) is 5.82 Å². The van der Waals surface area contributed by atoms with Crippen molar-refractivity contribution >= 4 is 6.03 Å². The van der Waals surface area contributed by atoms with Gasteiger partial charge in [-0.2, -0.15) is 0 Å². The second kappa shape index (κ2) is 9.20. The van der Waals surface area contributed by atoms with Crippen LogP contribution in [-0.4, -0.2) is 85.8 Å². The fraction of sp³-hybridized carbons (Fsp3) is 0.667. The molecule has 0 bridgehead atoms. The largest absolute Gasteiger partial charge is 0.379 e. The van der Waals surface area contributed by atoms with Gasteiger partial charge in [0, 0.05) is 38.8 Å². The maximum Gasteiger partial charge on any atom is 0.317 e. The number of nitrogens with zero attached hydrogens (tertiary/aromatic N) is 3. The van der Waals surface area contributed by atoms with E-state index in [4.69, 9.17) is 4.74 Å². The van der Waals surface area contributed by atoms with Crippen LogP contribution in [0.2, 0.25) is 0 Å². The highest BCUT2D eigenvalue weighted by atomic mass is 19.1. The number of hydrogen-bond acceptors (Lipinski definition) is 4. The number of ether oxygens (including phenoxy) is 1. The molecular formula is C21H31FN4O2. The van der Waals surface area contributed by atoms with E-state index in [-0.39, 0.29) is 17.9 Å². The Morgan fingerprint density at radius 1 is 1.11 bits per heavy atom. The number of likely N-dealkylation sites (tertiary alicyclic amines) is 2. The van der Waals surface area contributed by atoms with Gasteiger partial charge in [-0.05, 0) is 50.0 Å². The van der Waals surface area contributed by atoms with Crippen molar-refractivity contribution in [2.75, 3.05) is 59.0 Å². The molecule has 2 unspecified atom stereocenters. The highest BCUT2D eigenvalue weighted by Gasteiger charge is 2.32. The van der Waals surface area contributed by atoms with Crippen LogP contribution in [0.1, 0.15) is 30.9 Å². The molecule has 3 aliphatic rings. The number of morpholine rings is 1. The van der Waals surface area contributed by atoms with Crippen molar-refractivity contribution in [2.45, 2.75) is 31.3 Å². The van der Waals surface area contributed by atoms with Crippen molar-refractivity contribution < 1.29 is 13.9 Å². The Morgan fingerprint density at radius 3 is 2.54 bits per heavy atom. The first kappa shape index (κ1) is 19.6. The summed E-state index contributed by atoms with van der Waals surface area (Å²) in [5.41, 5.74) is 1.03. The van der Waals surface area contributed by atoms with Gasteiger partial charge >= 0.3 is 6.03 Å². The lowest BCUT2D eigenvalue weighted by atomic mass is 10.0. The van der Waals surface area contributed by atoms with Crippen molar-refractivity contribution in [1.82, 2.24) is 20.0 Å². The molecular weight excluding hydrogens is 359 g/mol. The van der Waals surface area contributed by atoms with Crippen molar-refractivity contribution in [2.24, 2.45) is 0 Å². The first-order valence-electron chi connectivity index (χ1n) is 10.5. The van der Waals surface area contributed by atoms with E-state index in [0.29, 0.717) is 25.8 Å². The summed E-state index contributed by atoms with van der Waals surface area (Å²) in [5, 5.41) is 3.14. The number of hydrogen-bond donors (Lipinski definition) is 1. The lowest BCUT2D eigenvalue weighted by molar-refractivity contribution is 0.0165. The molecule has 0 spiro atoms. The van der Waals surface area contributed by atoms with Crippen LogP contribution in [-0.2, 0) is 4.74 Å². The smallest absolute Gasteiger partial charge is 0.317 e. The SMILES string of the molecule is O=C(NCC(c1ccc(F)cc1)N1CCOCC1)N1CCC(N2CCCC2)C1. The summed E-state index contributed by atoms with van der Waals surface area (Å²) in [6, 6.07) is 7.19. The van der Waals surface area contributed by atoms with Crippen LogP contribution in [0.5, 0.6) is 0 Å². The lowest BCUT2D eigenvalue weighted by Crippen LogP contribution is -2.47. The maximum absolute atomic E-state index is 13.4. The Balaban J connectivity index is 1.35. The fourth-order valence-electron chi connectivity index (χ4n) is 4.66. The normalized spacial score (nSPS) is 25.2. The quantitative estimate of drug-likeness (QED) is 0.836. The number of carbonyl (C=O) groups excluding carboxylic acids is 1. The molecule has 3 saturated heterocycles. The summed E-state index contributed by atoms with van der Waals surface area (Å²) in [6.45, 7) is 7.53. The van der Waals surface area contributed by atoms with Crippen molar-refractivity contribution in [3.8, 4) is 0 Å². The Morgan fingerprint density at radius 2 is 1.82 bits per heavy atom. The molecule has 1 aromatic carbocycles. The van der Waals surface area contributed by atoms with Gasteiger partial charge < -0.3 is 15.0 Å². The molecule has 28 heavy (non-hydrogen) atoms. The van der Waals surface area contributed by atoms with Gasteiger partial charge in [0.05, 0.1) is 19.3 Å². The van der Waals surface area contributed by atoms with Gasteiger partial charge in [-0.15, -0.1) is 0 Å². The average Bonchev–Trinajstić information content (AvgIpc) is 3.42. The molecule has 6 nitrogen and oxygen atoms in total. The van der Waals surface area contributed by atoms with Crippen LogP contribution in [0.15, 0.2) is 24.3 Å². The minimum Gasteiger partial charge on any atom is -0.379 e. The molecule has 1 N–H and O–H groups in total. The summed E-state index contributed by atoms with van der Waals surface area (Å²) >= 11 is 0. The summed E-state index contributed by atoms with van der Waals surface area (Å²) in [6.07, 6.45) is 3.63. The van der Waals surface area contributed by atoms with E-state index in [2.05, 4.69) is 15.1 Å². The number of halogens is 1. The number of benzene rings is 1. The number of nitrogens with one attached hydrogen (secondary N) is 1. The highest BCUT2D eigenvalue weighted by Crippen LogP contribution is 2.23. The van der Waals surface area contributed by atoms with Crippen LogP contribution in [0.4, 0.5) is 9.18 Å². The van der Waals surface area contributed by atoms with Gasteiger partial charge in [0.2, 0.25) is 0 Å². The first-order chi connectivity index (χ1) is 13.7. The molecule has 3 heterocycles. The van der Waals surface area contributed by atoms with Gasteiger partial charge in [-0.3, -0.25) is 9.80 Å². The van der Waals surface area contributed by atoms with Gasteiger partial charge in [0.15, 0.2) is 0 Å². The van der Waals surface area contributed by atoms with E-state index < -0.39 is 0 Å². The van der Waals surface area contributed by atoms with E-state index in [0.717, 1.165) is 38.2 Å². The molecule has 7 heteroatoms. The van der Waals surface area contributed by atoms with Crippen LogP contribution >= 0.6 is 0 Å². The molecule has 0 aliphatic carbocycles. The van der Waals surface area contributed by atoms with Crippen molar-refractivity contribution in [3.05, 3.63) is 35.6 Å². The van der Waals surface area contributed by atoms with Crippen LogP contribution in [0.3, 0.4) is 0 Å². The van der Waals surface area contributed by atoms with E-state index in [1.807, 2.05) is 17.0 Å². The van der Waals surface area contributed by atoms with E-state index >= 15 is 0 Å². The van der Waals surface area contributed by atoms with E-state index in [9.17, 15) is 9.18 Å². The molecule has 3 aliphatic heterocycles. The molecule has 4 rings (SSSR count). The van der Waals surface area contributed by atoms with Gasteiger partial charge in [-0.1, -0.05) is 12.1 Å². The van der Waals surface area contributed by atoms with Crippen LogP contribution < -0.4 is 5.32 Å². The first-order valence-corrected chi connectivity index (χ1v) is 10.5. The zero-order valence-electron chi connectivity index (χ0n) is 16.5. The molecule has 0 aromatic heterocycles. The number of urea groups is 1. The predicted octanol–water partition coefficient (Wildman–Crippen LogP) is 2.08. The topological polar surface area (TPSA) is 48.1 Å². The summed E-state index contributed by atoms with van der Waals surface area (Å²) < 4.78 is 18.8. The highest BCUT2D eigenvalue weighted by molar-refractivity contribution is 5.74. The number of rotatable bonds is 5. The minimum absolute atomic E-state index is 0.0158. The van der Waals surface area contributed by atoms with Crippen LogP contribution in [0, 0.1) is 5.82 Å². The summed E-state index contributed by atoms with van der Waals surface area (Å²) in [7, 11) is 0. The molecule has 154 valence electrons. The zero-order chi connectivity index (χ0) is 19.3. The second-order valence-corrected chi connectivity index (χ2v) is 8.03.